The lowest BCUT2D eigenvalue weighted by Gasteiger charge is -2.23. The number of anilines is 2. The van der Waals surface area contributed by atoms with Gasteiger partial charge in [-0.2, -0.15) is 0 Å². The van der Waals surface area contributed by atoms with Crippen LogP contribution in [0.15, 0.2) is 72.1 Å². The lowest BCUT2D eigenvalue weighted by atomic mass is 10.1. The highest BCUT2D eigenvalue weighted by Gasteiger charge is 2.43. The summed E-state index contributed by atoms with van der Waals surface area (Å²) in [6.07, 6.45) is 0.767. The van der Waals surface area contributed by atoms with Crippen LogP contribution in [-0.2, 0) is 16.0 Å². The number of carbonyl (C=O) groups is 2. The fourth-order valence-electron chi connectivity index (χ4n) is 3.65. The number of nitrogens with one attached hydrogen (secondary N) is 1. The number of hydrogen-bond donors (Lipinski definition) is 1. The van der Waals surface area contributed by atoms with E-state index in [4.69, 9.17) is 17.0 Å². The summed E-state index contributed by atoms with van der Waals surface area (Å²) in [6, 6.07) is 19.8. The van der Waals surface area contributed by atoms with Crippen molar-refractivity contribution in [2.24, 2.45) is 0 Å². The largest absolute Gasteiger partial charge is 0.497 e. The minimum atomic E-state index is -0.659. The van der Waals surface area contributed by atoms with Gasteiger partial charge >= 0.3 is 0 Å². The van der Waals surface area contributed by atoms with Gasteiger partial charge in [-0.15, -0.1) is 11.3 Å². The van der Waals surface area contributed by atoms with E-state index in [2.05, 4.69) is 11.4 Å². The van der Waals surface area contributed by atoms with E-state index in [9.17, 15) is 9.59 Å². The van der Waals surface area contributed by atoms with Gasteiger partial charge in [0.15, 0.2) is 5.11 Å². The van der Waals surface area contributed by atoms with Gasteiger partial charge in [-0.25, -0.2) is 0 Å². The van der Waals surface area contributed by atoms with Crippen LogP contribution in [0.1, 0.15) is 11.3 Å². The Morgan fingerprint density at radius 2 is 1.84 bits per heavy atom. The highest BCUT2D eigenvalue weighted by molar-refractivity contribution is 7.80. The fraction of sp³-hybridized carbons (Fsp3) is 0.208. The summed E-state index contributed by atoms with van der Waals surface area (Å²) in [5.41, 5.74) is 1.36. The van der Waals surface area contributed by atoms with Gasteiger partial charge in [0.05, 0.1) is 19.2 Å². The molecule has 8 heteroatoms. The summed E-state index contributed by atoms with van der Waals surface area (Å²) in [6.45, 7) is 0.557. The third kappa shape index (κ3) is 4.81. The van der Waals surface area contributed by atoms with Crippen LogP contribution in [0.5, 0.6) is 5.75 Å². The number of methoxy groups -OCH3 is 1. The maximum absolute atomic E-state index is 13.4. The standard InChI is InChI=1S/C24H23N3O3S2/c1-30-19-11-9-18(10-12-19)27-23(29)21(16-22(28)25-17-6-3-2-4-7-17)26(24(27)31)14-13-20-8-5-15-32-20/h2-12,15,21H,13-14,16H2,1H3,(H,25,28)/t21-/m0/s1. The van der Waals surface area contributed by atoms with E-state index in [1.165, 1.54) is 9.78 Å². The van der Waals surface area contributed by atoms with Crippen LogP contribution >= 0.6 is 23.6 Å². The molecule has 2 aromatic carbocycles. The van der Waals surface area contributed by atoms with Crippen molar-refractivity contribution in [3.05, 3.63) is 77.0 Å². The number of amides is 2. The van der Waals surface area contributed by atoms with Gasteiger partial charge in [-0.3, -0.25) is 14.5 Å². The maximum atomic E-state index is 13.4. The Kier molecular flexibility index (Phi) is 6.82. The van der Waals surface area contributed by atoms with Gasteiger partial charge in [0.25, 0.3) is 5.91 Å². The molecule has 3 aromatic rings. The Balaban J connectivity index is 1.55. The average Bonchev–Trinajstić information content (AvgIpc) is 3.40. The third-order valence-electron chi connectivity index (χ3n) is 5.26. The molecular weight excluding hydrogens is 442 g/mol. The van der Waals surface area contributed by atoms with Crippen LogP contribution in [0, 0.1) is 0 Å². The first-order valence-corrected chi connectivity index (χ1v) is 11.5. The van der Waals surface area contributed by atoms with Gasteiger partial charge in [0.2, 0.25) is 5.91 Å². The zero-order valence-electron chi connectivity index (χ0n) is 17.6. The van der Waals surface area contributed by atoms with Crippen LogP contribution < -0.4 is 15.0 Å². The van der Waals surface area contributed by atoms with Crippen molar-refractivity contribution < 1.29 is 14.3 Å². The molecular formula is C24H23N3O3S2. The van der Waals surface area contributed by atoms with Crippen LogP contribution in [-0.4, -0.2) is 41.5 Å². The summed E-state index contributed by atoms with van der Waals surface area (Å²) < 4.78 is 5.22. The van der Waals surface area contributed by atoms with E-state index < -0.39 is 6.04 Å². The molecule has 2 heterocycles. The minimum absolute atomic E-state index is 0.0188. The molecule has 4 rings (SSSR count). The van der Waals surface area contributed by atoms with Crippen molar-refractivity contribution in [2.45, 2.75) is 18.9 Å². The first-order valence-electron chi connectivity index (χ1n) is 10.2. The van der Waals surface area contributed by atoms with Crippen molar-refractivity contribution in [1.29, 1.82) is 0 Å². The van der Waals surface area contributed by atoms with Crippen molar-refractivity contribution in [2.75, 3.05) is 23.9 Å². The van der Waals surface area contributed by atoms with E-state index in [1.807, 2.05) is 46.7 Å². The minimum Gasteiger partial charge on any atom is -0.497 e. The molecule has 1 aliphatic heterocycles. The van der Waals surface area contributed by atoms with E-state index in [-0.39, 0.29) is 18.2 Å². The number of benzene rings is 2. The Labute approximate surface area is 196 Å². The van der Waals surface area contributed by atoms with Crippen molar-refractivity contribution in [3.8, 4) is 5.75 Å². The monoisotopic (exact) mass is 465 g/mol. The first kappa shape index (κ1) is 22.0. The second kappa shape index (κ2) is 9.93. The summed E-state index contributed by atoms with van der Waals surface area (Å²) in [5.74, 6) is 0.268. The predicted octanol–water partition coefficient (Wildman–Crippen LogP) is 4.33. The van der Waals surface area contributed by atoms with Gasteiger partial charge in [0, 0.05) is 17.1 Å². The number of nitrogens with zero attached hydrogens (tertiary/aromatic N) is 2. The fourth-order valence-corrected chi connectivity index (χ4v) is 4.76. The third-order valence-corrected chi connectivity index (χ3v) is 6.62. The molecule has 0 radical (unpaired) electrons. The molecule has 1 saturated heterocycles. The number of carbonyl (C=O) groups excluding carboxylic acids is 2. The van der Waals surface area contributed by atoms with Gasteiger partial charge in [-0.05, 0) is 66.5 Å². The summed E-state index contributed by atoms with van der Waals surface area (Å²) in [7, 11) is 1.59. The first-order chi connectivity index (χ1) is 15.6. The Bertz CT molecular complexity index is 1090. The molecule has 32 heavy (non-hydrogen) atoms. The second-order valence-corrected chi connectivity index (χ2v) is 8.71. The van der Waals surface area contributed by atoms with Gasteiger partial charge < -0.3 is 15.0 Å². The molecule has 1 atom stereocenters. The Hall–Kier alpha value is -3.23. The molecule has 0 aliphatic carbocycles. The molecule has 1 fully saturated rings. The maximum Gasteiger partial charge on any atom is 0.256 e. The molecule has 1 N–H and O–H groups in total. The zero-order chi connectivity index (χ0) is 22.5. The smallest absolute Gasteiger partial charge is 0.256 e. The topological polar surface area (TPSA) is 61.9 Å². The normalized spacial score (nSPS) is 15.8. The van der Waals surface area contributed by atoms with E-state index in [0.717, 1.165) is 6.42 Å². The number of rotatable bonds is 8. The average molecular weight is 466 g/mol. The Morgan fingerprint density at radius 1 is 1.09 bits per heavy atom. The van der Waals surface area contributed by atoms with Crippen molar-refractivity contribution in [3.63, 3.8) is 0 Å². The molecule has 1 aliphatic rings. The van der Waals surface area contributed by atoms with Crippen LogP contribution in [0.3, 0.4) is 0 Å². The van der Waals surface area contributed by atoms with Crippen LogP contribution in [0.2, 0.25) is 0 Å². The second-order valence-electron chi connectivity index (χ2n) is 7.31. The molecule has 0 bridgehead atoms. The van der Waals surface area contributed by atoms with Crippen LogP contribution in [0.4, 0.5) is 11.4 Å². The molecule has 0 spiro atoms. The summed E-state index contributed by atoms with van der Waals surface area (Å²) in [5, 5.41) is 5.31. The molecule has 0 saturated carbocycles. The lowest BCUT2D eigenvalue weighted by Crippen LogP contribution is -2.39. The highest BCUT2D eigenvalue weighted by Crippen LogP contribution is 2.29. The van der Waals surface area contributed by atoms with E-state index in [0.29, 0.717) is 28.8 Å². The number of para-hydroxylation sites is 1. The Morgan fingerprint density at radius 3 is 2.50 bits per heavy atom. The number of thiophene rings is 1. The number of thiocarbonyl (C=S) groups is 1. The van der Waals surface area contributed by atoms with Gasteiger partial charge in [0.1, 0.15) is 11.8 Å². The van der Waals surface area contributed by atoms with Crippen molar-refractivity contribution >= 4 is 51.9 Å². The highest BCUT2D eigenvalue weighted by atomic mass is 32.1. The SMILES string of the molecule is COc1ccc(N2C(=O)[C@H](CC(=O)Nc3ccccc3)N(CCc3cccs3)C2=S)cc1. The van der Waals surface area contributed by atoms with E-state index in [1.54, 1.807) is 42.7 Å². The zero-order valence-corrected chi connectivity index (χ0v) is 19.2. The molecule has 0 unspecified atom stereocenters. The quantitative estimate of drug-likeness (QED) is 0.502. The summed E-state index contributed by atoms with van der Waals surface area (Å²) in [4.78, 5) is 30.8. The van der Waals surface area contributed by atoms with Crippen LogP contribution in [0.25, 0.3) is 0 Å². The molecule has 2 amide bonds. The predicted molar refractivity (Wildman–Crippen MR) is 131 cm³/mol. The lowest BCUT2D eigenvalue weighted by molar-refractivity contribution is -0.124. The summed E-state index contributed by atoms with van der Waals surface area (Å²) >= 11 is 7.37. The van der Waals surface area contributed by atoms with Crippen molar-refractivity contribution in [1.82, 2.24) is 4.90 Å². The molecule has 1 aromatic heterocycles. The molecule has 6 nitrogen and oxygen atoms in total. The van der Waals surface area contributed by atoms with Gasteiger partial charge in [-0.1, -0.05) is 24.3 Å². The number of hydrogen-bond acceptors (Lipinski definition) is 5. The number of ether oxygens (including phenoxy) is 1. The molecule has 164 valence electrons. The van der Waals surface area contributed by atoms with E-state index >= 15 is 0 Å².